The molecule has 19 heavy (non-hydrogen) atoms. The van der Waals surface area contributed by atoms with Crippen LogP contribution in [0.4, 0.5) is 0 Å². The molecule has 2 atom stereocenters. The summed E-state index contributed by atoms with van der Waals surface area (Å²) < 4.78 is 1.76. The van der Waals surface area contributed by atoms with Gasteiger partial charge in [0.05, 0.1) is 6.04 Å². The maximum absolute atomic E-state index is 12.2. The van der Waals surface area contributed by atoms with Crippen LogP contribution in [0.3, 0.4) is 0 Å². The molecular formula is C15H13ClN2O. The Morgan fingerprint density at radius 3 is 2.68 bits per heavy atom. The van der Waals surface area contributed by atoms with Gasteiger partial charge in [-0.1, -0.05) is 24.3 Å². The molecule has 1 N–H and O–H groups in total. The Balaban J connectivity index is 1.94. The highest BCUT2D eigenvalue weighted by Gasteiger charge is 2.40. The van der Waals surface area contributed by atoms with E-state index in [1.807, 2.05) is 24.3 Å². The molecule has 2 aromatic carbocycles. The number of halogens is 1. The largest absolute Gasteiger partial charge is 0.347 e. The van der Waals surface area contributed by atoms with Crippen LogP contribution in [0.2, 0.25) is 0 Å². The van der Waals surface area contributed by atoms with Crippen LogP contribution in [-0.2, 0) is 0 Å². The lowest BCUT2D eigenvalue weighted by Gasteiger charge is -2.28. The Morgan fingerprint density at radius 2 is 1.89 bits per heavy atom. The molecule has 1 amide bonds. The minimum absolute atomic E-state index is 0.0222. The van der Waals surface area contributed by atoms with E-state index in [0.29, 0.717) is 12.5 Å². The summed E-state index contributed by atoms with van der Waals surface area (Å²) in [6.07, 6.45) is 0. The second-order valence-electron chi connectivity index (χ2n) is 5.30. The lowest BCUT2D eigenvalue weighted by molar-refractivity contribution is 0.0924. The summed E-state index contributed by atoms with van der Waals surface area (Å²) >= 11 is 6.10. The van der Waals surface area contributed by atoms with Gasteiger partial charge in [-0.2, -0.15) is 0 Å². The van der Waals surface area contributed by atoms with Crippen molar-refractivity contribution < 1.29 is 4.79 Å². The zero-order valence-corrected chi connectivity index (χ0v) is 11.0. The van der Waals surface area contributed by atoms with Gasteiger partial charge in [-0.15, -0.1) is 0 Å². The smallest absolute Gasteiger partial charge is 0.251 e. The fourth-order valence-electron chi connectivity index (χ4n) is 3.22. The predicted octanol–water partition coefficient (Wildman–Crippen LogP) is 2.50. The summed E-state index contributed by atoms with van der Waals surface area (Å²) in [5.74, 6) is 0.323. The lowest BCUT2D eigenvalue weighted by Crippen LogP contribution is -2.44. The third-order valence-corrected chi connectivity index (χ3v) is 4.43. The molecule has 4 heteroatoms. The monoisotopic (exact) mass is 272 g/mol. The molecule has 0 unspecified atom stereocenters. The number of nitrogens with one attached hydrogen (secondary N) is 1. The Labute approximate surface area is 116 Å². The normalized spacial score (nSPS) is 26.1. The van der Waals surface area contributed by atoms with Gasteiger partial charge in [-0.3, -0.25) is 4.79 Å². The van der Waals surface area contributed by atoms with Crippen LogP contribution in [0.15, 0.2) is 36.4 Å². The van der Waals surface area contributed by atoms with E-state index in [1.165, 1.54) is 5.39 Å². The average Bonchev–Trinajstić information content (AvgIpc) is 2.78. The highest BCUT2D eigenvalue weighted by Crippen LogP contribution is 2.36. The van der Waals surface area contributed by atoms with Gasteiger partial charge in [-0.05, 0) is 40.2 Å². The molecule has 4 rings (SSSR count). The summed E-state index contributed by atoms with van der Waals surface area (Å²) in [7, 11) is 0. The molecule has 2 aliphatic heterocycles. The number of hydrogen-bond donors (Lipinski definition) is 1. The summed E-state index contributed by atoms with van der Waals surface area (Å²) in [6, 6.07) is 12.4. The molecule has 0 aromatic heterocycles. The number of fused-ring (bicyclic) bond motifs is 4. The van der Waals surface area contributed by atoms with E-state index < -0.39 is 0 Å². The SMILES string of the molecule is O=C1N[C@H]2CN(Cl)C[C@@H]2c2cc3ccccc3cc21. The Hall–Kier alpha value is -1.58. The zero-order valence-electron chi connectivity index (χ0n) is 10.3. The van der Waals surface area contributed by atoms with Crippen molar-refractivity contribution in [1.82, 2.24) is 9.74 Å². The van der Waals surface area contributed by atoms with Crippen LogP contribution in [0.25, 0.3) is 10.8 Å². The van der Waals surface area contributed by atoms with Crippen molar-refractivity contribution in [3.05, 3.63) is 47.5 Å². The summed E-state index contributed by atoms with van der Waals surface area (Å²) in [4.78, 5) is 12.2. The van der Waals surface area contributed by atoms with Gasteiger partial charge >= 0.3 is 0 Å². The van der Waals surface area contributed by atoms with Crippen molar-refractivity contribution in [2.75, 3.05) is 13.1 Å². The second kappa shape index (κ2) is 3.95. The van der Waals surface area contributed by atoms with Gasteiger partial charge < -0.3 is 5.32 Å². The first-order valence-corrected chi connectivity index (χ1v) is 6.80. The van der Waals surface area contributed by atoms with Crippen LogP contribution in [0, 0.1) is 0 Å². The van der Waals surface area contributed by atoms with E-state index in [0.717, 1.165) is 23.1 Å². The number of amides is 1. The van der Waals surface area contributed by atoms with Crippen LogP contribution < -0.4 is 5.32 Å². The third-order valence-electron chi connectivity index (χ3n) is 4.15. The minimum Gasteiger partial charge on any atom is -0.347 e. The third kappa shape index (κ3) is 1.66. The molecule has 2 heterocycles. The highest BCUT2D eigenvalue weighted by atomic mass is 35.5. The fourth-order valence-corrected chi connectivity index (χ4v) is 3.52. The minimum atomic E-state index is 0.0222. The summed E-state index contributed by atoms with van der Waals surface area (Å²) in [5.41, 5.74) is 1.93. The molecule has 1 fully saturated rings. The first-order valence-electron chi connectivity index (χ1n) is 6.46. The van der Waals surface area contributed by atoms with E-state index in [4.69, 9.17) is 11.8 Å². The van der Waals surface area contributed by atoms with Gasteiger partial charge in [0.2, 0.25) is 0 Å². The van der Waals surface area contributed by atoms with Crippen molar-refractivity contribution in [2.24, 2.45) is 0 Å². The highest BCUT2D eigenvalue weighted by molar-refractivity contribution is 6.13. The van der Waals surface area contributed by atoms with Crippen molar-refractivity contribution >= 4 is 28.5 Å². The van der Waals surface area contributed by atoms with E-state index in [1.54, 1.807) is 4.42 Å². The average molecular weight is 273 g/mol. The molecule has 3 nitrogen and oxygen atoms in total. The number of nitrogens with zero attached hydrogens (tertiary/aromatic N) is 1. The molecular weight excluding hydrogens is 260 g/mol. The molecule has 0 spiro atoms. The predicted molar refractivity (Wildman–Crippen MR) is 75.4 cm³/mol. The molecule has 0 radical (unpaired) electrons. The molecule has 2 aliphatic rings. The van der Waals surface area contributed by atoms with E-state index in [-0.39, 0.29) is 11.9 Å². The molecule has 0 aliphatic carbocycles. The van der Waals surface area contributed by atoms with Crippen LogP contribution in [0.1, 0.15) is 21.8 Å². The molecule has 1 saturated heterocycles. The van der Waals surface area contributed by atoms with E-state index >= 15 is 0 Å². The van der Waals surface area contributed by atoms with Crippen LogP contribution in [-0.4, -0.2) is 29.5 Å². The van der Waals surface area contributed by atoms with Crippen molar-refractivity contribution in [2.45, 2.75) is 12.0 Å². The number of rotatable bonds is 0. The van der Waals surface area contributed by atoms with Gasteiger partial charge in [0.1, 0.15) is 0 Å². The second-order valence-corrected chi connectivity index (χ2v) is 5.78. The first kappa shape index (κ1) is 11.3. The number of hydrogen-bond acceptors (Lipinski definition) is 2. The quantitative estimate of drug-likeness (QED) is 0.748. The van der Waals surface area contributed by atoms with Crippen molar-refractivity contribution in [3.63, 3.8) is 0 Å². The summed E-state index contributed by atoms with van der Waals surface area (Å²) in [5, 5.41) is 5.35. The molecule has 96 valence electrons. The standard InChI is InChI=1S/C15H13ClN2O/c16-18-7-13-11-5-9-3-1-2-4-10(9)6-12(11)15(19)17-14(13)8-18/h1-6,13-14H,7-8H2,(H,17,19)/t13-,14+/m1/s1. The fraction of sp³-hybridized carbons (Fsp3) is 0.267. The van der Waals surface area contributed by atoms with Gasteiger partial charge in [0, 0.05) is 24.6 Å². The maximum atomic E-state index is 12.2. The van der Waals surface area contributed by atoms with E-state index in [2.05, 4.69) is 17.4 Å². The summed E-state index contributed by atoms with van der Waals surface area (Å²) in [6.45, 7) is 1.50. The Kier molecular flexibility index (Phi) is 2.34. The number of carbonyl (C=O) groups excluding carboxylic acids is 1. The van der Waals surface area contributed by atoms with Crippen LogP contribution >= 0.6 is 11.8 Å². The maximum Gasteiger partial charge on any atom is 0.251 e. The molecule has 0 bridgehead atoms. The number of benzene rings is 2. The topological polar surface area (TPSA) is 32.3 Å². The first-order chi connectivity index (χ1) is 9.22. The van der Waals surface area contributed by atoms with Crippen molar-refractivity contribution in [3.8, 4) is 0 Å². The molecule has 0 saturated carbocycles. The van der Waals surface area contributed by atoms with Crippen LogP contribution in [0.5, 0.6) is 0 Å². The molecule has 2 aromatic rings. The zero-order chi connectivity index (χ0) is 13.0. The Morgan fingerprint density at radius 1 is 1.16 bits per heavy atom. The van der Waals surface area contributed by atoms with Gasteiger partial charge in [0.15, 0.2) is 0 Å². The number of carbonyl (C=O) groups is 1. The van der Waals surface area contributed by atoms with Crippen molar-refractivity contribution in [1.29, 1.82) is 0 Å². The Bertz CT molecular complexity index is 685. The van der Waals surface area contributed by atoms with Gasteiger partial charge in [-0.25, -0.2) is 4.42 Å². The van der Waals surface area contributed by atoms with Gasteiger partial charge in [0.25, 0.3) is 5.91 Å². The lowest BCUT2D eigenvalue weighted by atomic mass is 9.85. The van der Waals surface area contributed by atoms with E-state index in [9.17, 15) is 4.79 Å².